The van der Waals surface area contributed by atoms with Crippen LogP contribution >= 0.6 is 0 Å². The molecule has 1 saturated heterocycles. The first-order valence-electron chi connectivity index (χ1n) is 6.39. The van der Waals surface area contributed by atoms with E-state index in [1.165, 1.54) is 0 Å². The van der Waals surface area contributed by atoms with Crippen molar-refractivity contribution >= 4 is 5.91 Å². The van der Waals surface area contributed by atoms with Gasteiger partial charge in [-0.3, -0.25) is 4.79 Å². The summed E-state index contributed by atoms with van der Waals surface area (Å²) in [5.74, 6) is 0.181. The first kappa shape index (κ1) is 14.4. The molecule has 0 radical (unpaired) electrons. The van der Waals surface area contributed by atoms with Gasteiger partial charge in [0.2, 0.25) is 5.91 Å². The highest BCUT2D eigenvalue weighted by atomic mass is 16.5. The summed E-state index contributed by atoms with van der Waals surface area (Å²) in [4.78, 5) is 13.5. The van der Waals surface area contributed by atoms with Crippen molar-refractivity contribution in [1.82, 2.24) is 10.2 Å². The molecule has 1 N–H and O–H groups in total. The van der Waals surface area contributed by atoms with Crippen molar-refractivity contribution in [3.8, 4) is 0 Å². The van der Waals surface area contributed by atoms with Crippen LogP contribution in [-0.4, -0.2) is 63.4 Å². The summed E-state index contributed by atoms with van der Waals surface area (Å²) < 4.78 is 10.9. The van der Waals surface area contributed by atoms with Gasteiger partial charge in [0.1, 0.15) is 0 Å². The molecule has 0 aliphatic carbocycles. The van der Waals surface area contributed by atoms with E-state index in [1.54, 1.807) is 7.05 Å². The summed E-state index contributed by atoms with van der Waals surface area (Å²) in [5, 5.41) is 2.89. The number of piperidine rings is 1. The lowest BCUT2D eigenvalue weighted by Crippen LogP contribution is -2.44. The minimum Gasteiger partial charge on any atom is -0.379 e. The number of ether oxygens (including phenoxy) is 2. The predicted molar refractivity (Wildman–Crippen MR) is 66.0 cm³/mol. The topological polar surface area (TPSA) is 50.8 Å². The molecule has 0 aromatic heterocycles. The Morgan fingerprint density at radius 3 is 2.65 bits per heavy atom. The average Bonchev–Trinajstić information content (AvgIpc) is 2.36. The van der Waals surface area contributed by atoms with E-state index in [0.717, 1.165) is 32.5 Å². The van der Waals surface area contributed by atoms with E-state index in [-0.39, 0.29) is 12.0 Å². The highest BCUT2D eigenvalue weighted by Crippen LogP contribution is 2.13. The zero-order valence-corrected chi connectivity index (χ0v) is 10.9. The van der Waals surface area contributed by atoms with Crippen LogP contribution in [0.15, 0.2) is 0 Å². The molecule has 1 fully saturated rings. The first-order valence-corrected chi connectivity index (χ1v) is 6.39. The summed E-state index contributed by atoms with van der Waals surface area (Å²) >= 11 is 0. The lowest BCUT2D eigenvalue weighted by molar-refractivity contribution is -0.133. The molecule has 0 bridgehead atoms. The van der Waals surface area contributed by atoms with Crippen molar-refractivity contribution in [3.05, 3.63) is 0 Å². The maximum absolute atomic E-state index is 11.6. The summed E-state index contributed by atoms with van der Waals surface area (Å²) in [6.07, 6.45) is 2.15. The van der Waals surface area contributed by atoms with E-state index in [2.05, 4.69) is 5.32 Å². The molecular formula is C12H24N2O3. The monoisotopic (exact) mass is 244 g/mol. The lowest BCUT2D eigenvalue weighted by Gasteiger charge is -2.32. The zero-order valence-electron chi connectivity index (χ0n) is 10.9. The van der Waals surface area contributed by atoms with Crippen LogP contribution in [0.2, 0.25) is 0 Å². The van der Waals surface area contributed by atoms with Crippen molar-refractivity contribution in [3.63, 3.8) is 0 Å². The molecule has 0 spiro atoms. The summed E-state index contributed by atoms with van der Waals surface area (Å²) in [7, 11) is 1.79. The Balaban J connectivity index is 2.11. The van der Waals surface area contributed by atoms with Gasteiger partial charge in [-0.25, -0.2) is 0 Å². The third-order valence-electron chi connectivity index (χ3n) is 2.91. The van der Waals surface area contributed by atoms with Crippen molar-refractivity contribution in [2.45, 2.75) is 25.9 Å². The van der Waals surface area contributed by atoms with Crippen molar-refractivity contribution in [2.24, 2.45) is 0 Å². The fraction of sp³-hybridized carbons (Fsp3) is 0.917. The summed E-state index contributed by atoms with van der Waals surface area (Å²) in [6.45, 7) is 6.07. The number of likely N-dealkylation sites (tertiary alicyclic amines) is 1. The highest BCUT2D eigenvalue weighted by Gasteiger charge is 2.22. The van der Waals surface area contributed by atoms with Gasteiger partial charge < -0.3 is 19.7 Å². The Hall–Kier alpha value is -0.650. The predicted octanol–water partition coefficient (Wildman–Crippen LogP) is 0.250. The second-order valence-electron chi connectivity index (χ2n) is 4.18. The van der Waals surface area contributed by atoms with Gasteiger partial charge in [-0.2, -0.15) is 0 Å². The van der Waals surface area contributed by atoms with Gasteiger partial charge in [-0.05, 0) is 26.8 Å². The maximum Gasteiger partial charge on any atom is 0.236 e. The Morgan fingerprint density at radius 1 is 1.35 bits per heavy atom. The van der Waals surface area contributed by atoms with E-state index in [1.807, 2.05) is 11.8 Å². The number of likely N-dealkylation sites (N-methyl/N-ethyl adjacent to an activating group) is 1. The summed E-state index contributed by atoms with van der Waals surface area (Å²) in [6, 6.07) is 0. The number of rotatable bonds is 7. The molecular weight excluding hydrogens is 220 g/mol. The minimum atomic E-state index is 0.181. The molecule has 17 heavy (non-hydrogen) atoms. The van der Waals surface area contributed by atoms with E-state index in [0.29, 0.717) is 19.8 Å². The van der Waals surface area contributed by atoms with E-state index in [4.69, 9.17) is 9.47 Å². The number of carbonyl (C=O) groups is 1. The first-order chi connectivity index (χ1) is 8.27. The Kier molecular flexibility index (Phi) is 7.16. The molecule has 5 heteroatoms. The Morgan fingerprint density at radius 2 is 2.06 bits per heavy atom. The van der Waals surface area contributed by atoms with Crippen molar-refractivity contribution < 1.29 is 14.3 Å². The van der Waals surface area contributed by atoms with Crippen LogP contribution in [0.4, 0.5) is 0 Å². The van der Waals surface area contributed by atoms with Crippen molar-refractivity contribution in [1.29, 1.82) is 0 Å². The van der Waals surface area contributed by atoms with E-state index < -0.39 is 0 Å². The molecule has 100 valence electrons. The number of nitrogens with one attached hydrogen (secondary N) is 1. The molecule has 0 saturated carbocycles. The molecule has 0 unspecified atom stereocenters. The second-order valence-corrected chi connectivity index (χ2v) is 4.18. The molecule has 0 atom stereocenters. The van der Waals surface area contributed by atoms with Crippen molar-refractivity contribution in [2.75, 3.05) is 46.5 Å². The smallest absolute Gasteiger partial charge is 0.236 e. The van der Waals surface area contributed by atoms with Gasteiger partial charge in [0.15, 0.2) is 0 Å². The SMILES string of the molecule is CCOCCOC1CCN(C(=O)CNC)CC1. The number of hydrogen-bond acceptors (Lipinski definition) is 4. The maximum atomic E-state index is 11.6. The van der Waals surface area contributed by atoms with Gasteiger partial charge >= 0.3 is 0 Å². The van der Waals surface area contributed by atoms with Gasteiger partial charge in [0.25, 0.3) is 0 Å². The van der Waals surface area contributed by atoms with E-state index in [9.17, 15) is 4.79 Å². The molecule has 0 aromatic carbocycles. The van der Waals surface area contributed by atoms with Crippen LogP contribution < -0.4 is 5.32 Å². The van der Waals surface area contributed by atoms with Crippen LogP contribution in [0.25, 0.3) is 0 Å². The molecule has 1 heterocycles. The van der Waals surface area contributed by atoms with E-state index >= 15 is 0 Å². The zero-order chi connectivity index (χ0) is 12.5. The standard InChI is InChI=1S/C12H24N2O3/c1-3-16-8-9-17-11-4-6-14(7-5-11)12(15)10-13-2/h11,13H,3-10H2,1-2H3. The van der Waals surface area contributed by atoms with Crippen LogP contribution in [0.3, 0.4) is 0 Å². The fourth-order valence-electron chi connectivity index (χ4n) is 1.95. The number of hydrogen-bond donors (Lipinski definition) is 1. The second kappa shape index (κ2) is 8.44. The molecule has 1 aliphatic heterocycles. The summed E-state index contributed by atoms with van der Waals surface area (Å²) in [5.41, 5.74) is 0. The van der Waals surface area contributed by atoms with Crippen LogP contribution in [0.5, 0.6) is 0 Å². The average molecular weight is 244 g/mol. The Labute approximate surface area is 103 Å². The number of nitrogens with zero attached hydrogens (tertiary/aromatic N) is 1. The molecule has 1 amide bonds. The molecule has 0 aromatic rings. The van der Waals surface area contributed by atoms with Crippen LogP contribution in [-0.2, 0) is 14.3 Å². The molecule has 5 nitrogen and oxygen atoms in total. The van der Waals surface area contributed by atoms with Gasteiger partial charge in [0.05, 0.1) is 25.9 Å². The third-order valence-corrected chi connectivity index (χ3v) is 2.91. The van der Waals surface area contributed by atoms with Crippen LogP contribution in [0, 0.1) is 0 Å². The van der Waals surface area contributed by atoms with Crippen LogP contribution in [0.1, 0.15) is 19.8 Å². The number of amides is 1. The highest BCUT2D eigenvalue weighted by molar-refractivity contribution is 5.78. The Bertz CT molecular complexity index is 216. The van der Waals surface area contributed by atoms with Gasteiger partial charge in [0, 0.05) is 19.7 Å². The normalized spacial score (nSPS) is 17.4. The molecule has 1 rings (SSSR count). The number of carbonyl (C=O) groups excluding carboxylic acids is 1. The fourth-order valence-corrected chi connectivity index (χ4v) is 1.95. The largest absolute Gasteiger partial charge is 0.379 e. The quantitative estimate of drug-likeness (QED) is 0.652. The molecule has 1 aliphatic rings. The lowest BCUT2D eigenvalue weighted by atomic mass is 10.1. The minimum absolute atomic E-state index is 0.181. The van der Waals surface area contributed by atoms with Gasteiger partial charge in [-0.1, -0.05) is 0 Å². The van der Waals surface area contributed by atoms with Gasteiger partial charge in [-0.15, -0.1) is 0 Å². The third kappa shape index (κ3) is 5.48.